The van der Waals surface area contributed by atoms with E-state index in [0.717, 1.165) is 50.2 Å². The number of amides is 1. The first-order valence-corrected chi connectivity index (χ1v) is 8.28. The molecule has 6 nitrogen and oxygen atoms in total. The zero-order valence-corrected chi connectivity index (χ0v) is 13.0. The molecule has 0 radical (unpaired) electrons. The van der Waals surface area contributed by atoms with Crippen molar-refractivity contribution >= 4 is 5.91 Å². The third-order valence-electron chi connectivity index (χ3n) is 4.53. The van der Waals surface area contributed by atoms with E-state index in [1.165, 1.54) is 5.56 Å². The highest BCUT2D eigenvalue weighted by Crippen LogP contribution is 2.19. The van der Waals surface area contributed by atoms with Crippen LogP contribution >= 0.6 is 0 Å². The smallest absolute Gasteiger partial charge is 0.251 e. The van der Waals surface area contributed by atoms with Crippen molar-refractivity contribution in [2.24, 2.45) is 0 Å². The van der Waals surface area contributed by atoms with Crippen LogP contribution in [0.3, 0.4) is 0 Å². The third kappa shape index (κ3) is 3.42. The minimum atomic E-state index is 0.0398. The molecule has 23 heavy (non-hydrogen) atoms. The maximum Gasteiger partial charge on any atom is 0.251 e. The molecule has 0 spiro atoms. The second-order valence-electron chi connectivity index (χ2n) is 6.42. The Morgan fingerprint density at radius 2 is 2.00 bits per heavy atom. The van der Waals surface area contributed by atoms with Gasteiger partial charge in [-0.3, -0.25) is 4.79 Å². The van der Waals surface area contributed by atoms with Gasteiger partial charge < -0.3 is 10.6 Å². The third-order valence-corrected chi connectivity index (χ3v) is 4.53. The topological polar surface area (TPSA) is 71.8 Å². The second kappa shape index (κ2) is 6.12. The number of benzene rings is 1. The average molecular weight is 311 g/mol. The number of fused-ring (bicyclic) bond motifs is 1. The van der Waals surface area contributed by atoms with Gasteiger partial charge in [-0.1, -0.05) is 12.1 Å². The molecular weight excluding hydrogens is 290 g/mol. The molecule has 1 aliphatic heterocycles. The minimum Gasteiger partial charge on any atom is -0.349 e. The Morgan fingerprint density at radius 3 is 2.78 bits per heavy atom. The van der Waals surface area contributed by atoms with Crippen LogP contribution in [0.2, 0.25) is 0 Å². The van der Waals surface area contributed by atoms with Gasteiger partial charge in [-0.25, -0.2) is 9.67 Å². The van der Waals surface area contributed by atoms with E-state index in [-0.39, 0.29) is 5.91 Å². The van der Waals surface area contributed by atoms with E-state index in [9.17, 15) is 4.79 Å². The molecule has 120 valence electrons. The maximum atomic E-state index is 12.0. The summed E-state index contributed by atoms with van der Waals surface area (Å²) in [7, 11) is 0. The Balaban J connectivity index is 1.30. The average Bonchev–Trinajstić information content (AvgIpc) is 3.27. The highest BCUT2D eigenvalue weighted by Gasteiger charge is 2.23. The van der Waals surface area contributed by atoms with Gasteiger partial charge in [-0.05, 0) is 37.0 Å². The van der Waals surface area contributed by atoms with Gasteiger partial charge in [0.15, 0.2) is 0 Å². The summed E-state index contributed by atoms with van der Waals surface area (Å²) in [5, 5.41) is 10.8. The van der Waals surface area contributed by atoms with E-state index in [1.807, 2.05) is 28.9 Å². The Labute approximate surface area is 135 Å². The molecule has 1 aromatic heterocycles. The summed E-state index contributed by atoms with van der Waals surface area (Å²) in [6.45, 7) is 1.68. The Kier molecular flexibility index (Phi) is 3.83. The molecule has 2 heterocycles. The van der Waals surface area contributed by atoms with Crippen molar-refractivity contribution in [3.63, 3.8) is 0 Å². The standard InChI is InChI=1S/C17H21N5O/c23-17(21-14-5-6-14)13-3-1-12(2-4-13)9-18-15-7-8-16-19-11-20-22(16)10-15/h1-4,11,14-15,18H,5-10H2,(H,21,23). The fourth-order valence-electron chi connectivity index (χ4n) is 2.94. The lowest BCUT2D eigenvalue weighted by atomic mass is 10.1. The maximum absolute atomic E-state index is 12.0. The first kappa shape index (κ1) is 14.4. The van der Waals surface area contributed by atoms with Crippen molar-refractivity contribution in [1.29, 1.82) is 0 Å². The molecule has 4 rings (SSSR count). The number of nitrogens with zero attached hydrogens (tertiary/aromatic N) is 3. The number of nitrogens with one attached hydrogen (secondary N) is 2. The molecule has 1 fully saturated rings. The van der Waals surface area contributed by atoms with Crippen LogP contribution in [0.4, 0.5) is 0 Å². The van der Waals surface area contributed by atoms with Gasteiger partial charge in [0, 0.05) is 30.6 Å². The van der Waals surface area contributed by atoms with Crippen LogP contribution in [0.25, 0.3) is 0 Å². The summed E-state index contributed by atoms with van der Waals surface area (Å²) < 4.78 is 1.98. The Bertz CT molecular complexity index is 689. The van der Waals surface area contributed by atoms with Gasteiger partial charge in [-0.15, -0.1) is 0 Å². The molecule has 0 bridgehead atoms. The zero-order chi connectivity index (χ0) is 15.6. The summed E-state index contributed by atoms with van der Waals surface area (Å²) in [4.78, 5) is 16.2. The van der Waals surface area contributed by atoms with E-state index in [0.29, 0.717) is 12.1 Å². The largest absolute Gasteiger partial charge is 0.349 e. The normalized spacial score (nSPS) is 20.1. The number of hydrogen-bond donors (Lipinski definition) is 2. The van der Waals surface area contributed by atoms with Crippen LogP contribution in [-0.2, 0) is 19.5 Å². The molecule has 2 aromatic rings. The fraction of sp³-hybridized carbons (Fsp3) is 0.471. The predicted octanol–water partition coefficient (Wildman–Crippen LogP) is 1.27. The van der Waals surface area contributed by atoms with Gasteiger partial charge in [-0.2, -0.15) is 5.10 Å². The minimum absolute atomic E-state index is 0.0398. The number of aryl methyl sites for hydroxylation is 1. The number of aromatic nitrogens is 3. The number of carbonyl (C=O) groups is 1. The monoisotopic (exact) mass is 311 g/mol. The second-order valence-corrected chi connectivity index (χ2v) is 6.42. The molecule has 1 amide bonds. The summed E-state index contributed by atoms with van der Waals surface area (Å²) in [5.74, 6) is 1.12. The van der Waals surface area contributed by atoms with Crippen molar-refractivity contribution in [1.82, 2.24) is 25.4 Å². The Hall–Kier alpha value is -2.21. The SMILES string of the molecule is O=C(NC1CC1)c1ccc(CNC2CCc3ncnn3C2)cc1. The van der Waals surface area contributed by atoms with E-state index < -0.39 is 0 Å². The Morgan fingerprint density at radius 1 is 1.17 bits per heavy atom. The highest BCUT2D eigenvalue weighted by molar-refractivity contribution is 5.94. The molecule has 0 saturated heterocycles. The highest BCUT2D eigenvalue weighted by atomic mass is 16.1. The molecule has 2 aliphatic rings. The summed E-state index contributed by atoms with van der Waals surface area (Å²) in [6, 6.07) is 8.69. The number of hydrogen-bond acceptors (Lipinski definition) is 4. The van der Waals surface area contributed by atoms with Crippen LogP contribution < -0.4 is 10.6 Å². The molecular formula is C17H21N5O. The van der Waals surface area contributed by atoms with Crippen molar-refractivity contribution in [3.8, 4) is 0 Å². The van der Waals surface area contributed by atoms with Gasteiger partial charge >= 0.3 is 0 Å². The van der Waals surface area contributed by atoms with Crippen molar-refractivity contribution in [2.45, 2.75) is 50.9 Å². The molecule has 2 N–H and O–H groups in total. The number of carbonyl (C=O) groups excluding carboxylic acids is 1. The summed E-state index contributed by atoms with van der Waals surface area (Å²) in [6.07, 6.45) is 5.91. The summed E-state index contributed by atoms with van der Waals surface area (Å²) in [5.41, 5.74) is 1.93. The lowest BCUT2D eigenvalue weighted by Gasteiger charge is -2.23. The van der Waals surface area contributed by atoms with E-state index in [4.69, 9.17) is 0 Å². The quantitative estimate of drug-likeness (QED) is 0.872. The van der Waals surface area contributed by atoms with Crippen LogP contribution in [0.15, 0.2) is 30.6 Å². The van der Waals surface area contributed by atoms with Gasteiger partial charge in [0.1, 0.15) is 12.2 Å². The van der Waals surface area contributed by atoms with E-state index in [1.54, 1.807) is 6.33 Å². The van der Waals surface area contributed by atoms with Crippen molar-refractivity contribution in [2.75, 3.05) is 0 Å². The van der Waals surface area contributed by atoms with Crippen LogP contribution in [-0.4, -0.2) is 32.8 Å². The van der Waals surface area contributed by atoms with Gasteiger partial charge in [0.2, 0.25) is 0 Å². The fourth-order valence-corrected chi connectivity index (χ4v) is 2.94. The lowest BCUT2D eigenvalue weighted by molar-refractivity contribution is 0.0951. The van der Waals surface area contributed by atoms with Gasteiger partial charge in [0.05, 0.1) is 6.54 Å². The first-order chi connectivity index (χ1) is 11.3. The molecule has 1 aromatic carbocycles. The molecule has 1 saturated carbocycles. The van der Waals surface area contributed by atoms with Crippen LogP contribution in [0, 0.1) is 0 Å². The van der Waals surface area contributed by atoms with E-state index >= 15 is 0 Å². The predicted molar refractivity (Wildman–Crippen MR) is 85.9 cm³/mol. The van der Waals surface area contributed by atoms with E-state index in [2.05, 4.69) is 20.7 Å². The molecule has 1 atom stereocenters. The van der Waals surface area contributed by atoms with Crippen molar-refractivity contribution in [3.05, 3.63) is 47.5 Å². The first-order valence-electron chi connectivity index (χ1n) is 8.28. The summed E-state index contributed by atoms with van der Waals surface area (Å²) >= 11 is 0. The zero-order valence-electron chi connectivity index (χ0n) is 13.0. The van der Waals surface area contributed by atoms with Crippen LogP contribution in [0.5, 0.6) is 0 Å². The number of rotatable bonds is 5. The van der Waals surface area contributed by atoms with Crippen molar-refractivity contribution < 1.29 is 4.79 Å². The molecule has 6 heteroatoms. The van der Waals surface area contributed by atoms with Gasteiger partial charge in [0.25, 0.3) is 5.91 Å². The molecule has 1 unspecified atom stereocenters. The van der Waals surface area contributed by atoms with Crippen LogP contribution in [0.1, 0.15) is 41.0 Å². The lowest BCUT2D eigenvalue weighted by Crippen LogP contribution is -2.37. The molecule has 1 aliphatic carbocycles.